The number of carbonyl (C=O) groups is 1. The third-order valence-electron chi connectivity index (χ3n) is 3.67. The Morgan fingerprint density at radius 3 is 2.05 bits per heavy atom. The van der Waals surface area contributed by atoms with Crippen molar-refractivity contribution in [1.82, 2.24) is 0 Å². The number of ether oxygens (including phenoxy) is 1. The van der Waals surface area contributed by atoms with Crippen molar-refractivity contribution in [2.24, 2.45) is 0 Å². The second kappa shape index (κ2) is 7.16. The summed E-state index contributed by atoms with van der Waals surface area (Å²) in [6.45, 7) is 13.3. The highest BCUT2D eigenvalue weighted by Gasteiger charge is 2.39. The van der Waals surface area contributed by atoms with Gasteiger partial charge in [0.1, 0.15) is 5.75 Å². The van der Waals surface area contributed by atoms with Crippen LogP contribution in [0.5, 0.6) is 5.75 Å². The summed E-state index contributed by atoms with van der Waals surface area (Å²) in [7, 11) is -1.89. The Labute approximate surface area is 155 Å². The Balaban J connectivity index is 3.15. The van der Waals surface area contributed by atoms with E-state index >= 15 is 0 Å². The summed E-state index contributed by atoms with van der Waals surface area (Å²) in [4.78, 5) is 11.8. The molecule has 0 saturated carbocycles. The predicted molar refractivity (Wildman–Crippen MR) is 106 cm³/mol. The third kappa shape index (κ3) is 4.82. The standard InChI is InChI=1S/C15H22I2O3Si/c1-7-19-14(18)10-8-11(16)13(12(17)9-10)20-21(5,6)15(2,3)4/h8-9H,7H2,1-6H3. The summed E-state index contributed by atoms with van der Waals surface area (Å²) in [5, 5.41) is 0.138. The highest BCUT2D eigenvalue weighted by Crippen LogP contribution is 2.40. The maximum Gasteiger partial charge on any atom is 0.338 e. The summed E-state index contributed by atoms with van der Waals surface area (Å²) in [5.41, 5.74) is 0.577. The molecule has 1 rings (SSSR count). The lowest BCUT2D eigenvalue weighted by atomic mass is 10.2. The van der Waals surface area contributed by atoms with E-state index in [0.29, 0.717) is 12.2 Å². The first-order valence-corrected chi connectivity index (χ1v) is 11.9. The number of halogens is 2. The van der Waals surface area contributed by atoms with Crippen molar-refractivity contribution in [2.45, 2.75) is 45.8 Å². The normalized spacial score (nSPS) is 12.2. The second-order valence-corrected chi connectivity index (χ2v) is 13.4. The van der Waals surface area contributed by atoms with Gasteiger partial charge in [-0.1, -0.05) is 20.8 Å². The van der Waals surface area contributed by atoms with Crippen molar-refractivity contribution in [2.75, 3.05) is 6.61 Å². The highest BCUT2D eigenvalue weighted by molar-refractivity contribution is 14.1. The molecule has 0 heterocycles. The van der Waals surface area contributed by atoms with Gasteiger partial charge >= 0.3 is 5.97 Å². The van der Waals surface area contributed by atoms with E-state index in [0.717, 1.165) is 12.9 Å². The minimum atomic E-state index is -1.89. The van der Waals surface area contributed by atoms with Crippen molar-refractivity contribution in [3.8, 4) is 5.75 Å². The van der Waals surface area contributed by atoms with Gasteiger partial charge in [0.2, 0.25) is 0 Å². The Hall–Kier alpha value is 0.167. The molecule has 0 aliphatic rings. The molecule has 0 aliphatic carbocycles. The van der Waals surface area contributed by atoms with Crippen LogP contribution in [0, 0.1) is 7.14 Å². The van der Waals surface area contributed by atoms with Crippen molar-refractivity contribution >= 4 is 59.5 Å². The lowest BCUT2D eigenvalue weighted by Gasteiger charge is -2.37. The Bertz CT molecular complexity index is 513. The minimum Gasteiger partial charge on any atom is -0.542 e. The molecule has 0 amide bonds. The summed E-state index contributed by atoms with van der Waals surface area (Å²) in [6, 6.07) is 3.67. The fourth-order valence-corrected chi connectivity index (χ4v) is 4.84. The van der Waals surface area contributed by atoms with Gasteiger partial charge in [-0.3, -0.25) is 0 Å². The number of benzene rings is 1. The molecule has 0 atom stereocenters. The van der Waals surface area contributed by atoms with Crippen LogP contribution in [0.2, 0.25) is 18.1 Å². The maximum atomic E-state index is 11.8. The molecule has 3 nitrogen and oxygen atoms in total. The van der Waals surface area contributed by atoms with E-state index in [-0.39, 0.29) is 11.0 Å². The number of hydrogen-bond acceptors (Lipinski definition) is 3. The minimum absolute atomic E-state index is 0.138. The molecule has 1 aromatic carbocycles. The van der Waals surface area contributed by atoms with Crippen LogP contribution in [0.1, 0.15) is 38.1 Å². The Kier molecular flexibility index (Phi) is 6.55. The molecule has 1 aromatic rings. The first kappa shape index (κ1) is 19.2. The monoisotopic (exact) mass is 532 g/mol. The van der Waals surface area contributed by atoms with Gasteiger partial charge in [-0.15, -0.1) is 0 Å². The molecule has 0 unspecified atom stereocenters. The SMILES string of the molecule is CCOC(=O)c1cc(I)c(O[Si](C)(C)C(C)(C)C)c(I)c1. The van der Waals surface area contributed by atoms with E-state index in [1.54, 1.807) is 0 Å². The van der Waals surface area contributed by atoms with E-state index in [1.165, 1.54) is 0 Å². The Morgan fingerprint density at radius 2 is 1.67 bits per heavy atom. The molecule has 0 saturated heterocycles. The second-order valence-electron chi connectivity index (χ2n) is 6.35. The fraction of sp³-hybridized carbons (Fsp3) is 0.533. The summed E-state index contributed by atoms with van der Waals surface area (Å²) in [5.74, 6) is 0.600. The molecule has 0 bridgehead atoms. The van der Waals surface area contributed by atoms with Crippen molar-refractivity contribution in [3.63, 3.8) is 0 Å². The Morgan fingerprint density at radius 1 is 1.19 bits per heavy atom. The van der Waals surface area contributed by atoms with Gasteiger partial charge in [-0.25, -0.2) is 4.79 Å². The first-order valence-electron chi connectivity index (χ1n) is 6.84. The van der Waals surface area contributed by atoms with Crippen LogP contribution in [-0.4, -0.2) is 20.9 Å². The molecule has 0 aliphatic heterocycles. The van der Waals surface area contributed by atoms with Crippen LogP contribution in [0.25, 0.3) is 0 Å². The largest absolute Gasteiger partial charge is 0.542 e. The van der Waals surface area contributed by atoms with Crippen molar-refractivity contribution < 1.29 is 14.0 Å². The van der Waals surface area contributed by atoms with Crippen LogP contribution in [0.3, 0.4) is 0 Å². The van der Waals surface area contributed by atoms with E-state index in [1.807, 2.05) is 19.1 Å². The van der Waals surface area contributed by atoms with E-state index in [2.05, 4.69) is 79.0 Å². The highest BCUT2D eigenvalue weighted by atomic mass is 127. The van der Waals surface area contributed by atoms with E-state index < -0.39 is 8.32 Å². The van der Waals surface area contributed by atoms with Crippen LogP contribution >= 0.6 is 45.2 Å². The predicted octanol–water partition coefficient (Wildman–Crippen LogP) is 5.46. The topological polar surface area (TPSA) is 35.5 Å². The summed E-state index contributed by atoms with van der Waals surface area (Å²) in [6.07, 6.45) is 0. The molecule has 0 fully saturated rings. The first-order chi connectivity index (χ1) is 9.49. The van der Waals surface area contributed by atoms with E-state index in [4.69, 9.17) is 9.16 Å². The summed E-state index contributed by atoms with van der Waals surface area (Å²) >= 11 is 4.45. The van der Waals surface area contributed by atoms with Crippen LogP contribution in [0.4, 0.5) is 0 Å². The van der Waals surface area contributed by atoms with Gasteiger partial charge < -0.3 is 9.16 Å². The van der Waals surface area contributed by atoms with Gasteiger partial charge in [-0.2, -0.15) is 0 Å². The lowest BCUT2D eigenvalue weighted by molar-refractivity contribution is 0.0526. The molecule has 0 aromatic heterocycles. The average Bonchev–Trinajstić information content (AvgIpc) is 2.32. The average molecular weight is 532 g/mol. The number of carbonyl (C=O) groups excluding carboxylic acids is 1. The van der Waals surface area contributed by atoms with Crippen molar-refractivity contribution in [1.29, 1.82) is 0 Å². The van der Waals surface area contributed by atoms with Gasteiger partial charge in [0.15, 0.2) is 0 Å². The van der Waals surface area contributed by atoms with Gasteiger partial charge in [-0.05, 0) is 82.4 Å². The zero-order valence-electron chi connectivity index (χ0n) is 13.3. The van der Waals surface area contributed by atoms with Crippen LogP contribution in [0.15, 0.2) is 12.1 Å². The summed E-state index contributed by atoms with van der Waals surface area (Å²) < 4.78 is 13.4. The molecule has 118 valence electrons. The third-order valence-corrected chi connectivity index (χ3v) is 9.60. The van der Waals surface area contributed by atoms with Gasteiger partial charge in [0.05, 0.1) is 19.3 Å². The number of rotatable bonds is 4. The smallest absolute Gasteiger partial charge is 0.338 e. The van der Waals surface area contributed by atoms with Crippen LogP contribution in [-0.2, 0) is 4.74 Å². The number of hydrogen-bond donors (Lipinski definition) is 0. The van der Waals surface area contributed by atoms with Crippen LogP contribution < -0.4 is 4.43 Å². The van der Waals surface area contributed by atoms with Crippen molar-refractivity contribution in [3.05, 3.63) is 24.8 Å². The zero-order chi connectivity index (χ0) is 16.4. The molecule has 0 radical (unpaired) electrons. The fourth-order valence-electron chi connectivity index (χ4n) is 1.40. The molecule has 21 heavy (non-hydrogen) atoms. The molecule has 0 spiro atoms. The molecule has 6 heteroatoms. The molecule has 0 N–H and O–H groups in total. The molecular weight excluding hydrogens is 510 g/mol. The van der Waals surface area contributed by atoms with Gasteiger partial charge in [0.25, 0.3) is 8.32 Å². The lowest BCUT2D eigenvalue weighted by Crippen LogP contribution is -2.44. The quantitative estimate of drug-likeness (QED) is 0.294. The van der Waals surface area contributed by atoms with Gasteiger partial charge in [0, 0.05) is 0 Å². The van der Waals surface area contributed by atoms with E-state index in [9.17, 15) is 4.79 Å². The zero-order valence-corrected chi connectivity index (χ0v) is 18.7. The molecular formula is C15H22I2O3Si. The number of esters is 1. The maximum absolute atomic E-state index is 11.8.